The van der Waals surface area contributed by atoms with Crippen LogP contribution in [0.4, 0.5) is 10.2 Å². The average Bonchev–Trinajstić information content (AvgIpc) is 3.39. The van der Waals surface area contributed by atoms with Crippen LogP contribution in [-0.2, 0) is 0 Å². The molecule has 0 saturated carbocycles. The van der Waals surface area contributed by atoms with E-state index in [2.05, 4.69) is 15.1 Å². The quantitative estimate of drug-likeness (QED) is 0.605. The number of hydrogen-bond donors (Lipinski definition) is 1. The summed E-state index contributed by atoms with van der Waals surface area (Å²) in [6.07, 6.45) is 6.55. The molecule has 1 N–H and O–H groups in total. The van der Waals surface area contributed by atoms with E-state index >= 15 is 0 Å². The zero-order chi connectivity index (χ0) is 21.3. The van der Waals surface area contributed by atoms with Crippen LogP contribution in [0.1, 0.15) is 41.2 Å². The van der Waals surface area contributed by atoms with Crippen molar-refractivity contribution in [3.05, 3.63) is 58.0 Å². The Kier molecular flexibility index (Phi) is 5.72. The molecule has 0 bridgehead atoms. The molecule has 1 aliphatic rings. The fourth-order valence-electron chi connectivity index (χ4n) is 3.86. The Morgan fingerprint density at radius 2 is 2.30 bits per heavy atom. The summed E-state index contributed by atoms with van der Waals surface area (Å²) in [6.45, 7) is 1.22. The van der Waals surface area contributed by atoms with Crippen molar-refractivity contribution in [2.75, 3.05) is 30.9 Å². The SMILES string of the molecule is CN(CCCCl)C(=O)c1cnn2ccc(N3CCCC3c3cc(F)c[nH]c3=O)nc12. The van der Waals surface area contributed by atoms with Crippen LogP contribution in [0.15, 0.2) is 35.5 Å². The third kappa shape index (κ3) is 3.77. The number of amides is 1. The smallest absolute Gasteiger partial charge is 0.259 e. The van der Waals surface area contributed by atoms with Gasteiger partial charge in [-0.25, -0.2) is 13.9 Å². The lowest BCUT2D eigenvalue weighted by atomic mass is 10.1. The van der Waals surface area contributed by atoms with Crippen molar-refractivity contribution in [1.29, 1.82) is 0 Å². The highest BCUT2D eigenvalue weighted by Gasteiger charge is 2.30. The fraction of sp³-hybridized carbons (Fsp3) is 0.400. The van der Waals surface area contributed by atoms with Crippen LogP contribution in [0.3, 0.4) is 0 Å². The standard InChI is InChI=1S/C20H22ClFN6O2/c1-26(7-3-6-21)20(30)15-12-24-28-9-5-17(25-18(15)28)27-8-2-4-16(27)14-10-13(22)11-23-19(14)29/h5,9-12,16H,2-4,6-8H2,1H3,(H,23,29). The van der Waals surface area contributed by atoms with Crippen LogP contribution in [0.2, 0.25) is 0 Å². The molecule has 158 valence electrons. The van der Waals surface area contributed by atoms with Crippen LogP contribution < -0.4 is 10.5 Å². The first kappa shape index (κ1) is 20.3. The summed E-state index contributed by atoms with van der Waals surface area (Å²) in [4.78, 5) is 35.8. The molecule has 30 heavy (non-hydrogen) atoms. The third-order valence-electron chi connectivity index (χ3n) is 5.36. The Labute approximate surface area is 177 Å². The number of nitrogens with one attached hydrogen (secondary N) is 1. The van der Waals surface area contributed by atoms with Crippen LogP contribution in [-0.4, -0.2) is 56.4 Å². The van der Waals surface area contributed by atoms with E-state index in [9.17, 15) is 14.0 Å². The summed E-state index contributed by atoms with van der Waals surface area (Å²) in [5, 5.41) is 4.23. The number of hydrogen-bond acceptors (Lipinski definition) is 5. The van der Waals surface area contributed by atoms with Crippen molar-refractivity contribution >= 4 is 29.0 Å². The summed E-state index contributed by atoms with van der Waals surface area (Å²) in [6, 6.07) is 2.78. The molecule has 3 aromatic heterocycles. The minimum Gasteiger partial charge on any atom is -0.349 e. The normalized spacial score (nSPS) is 16.4. The molecule has 1 unspecified atom stereocenters. The van der Waals surface area contributed by atoms with Gasteiger partial charge in [0, 0.05) is 44.0 Å². The average molecular weight is 433 g/mol. The lowest BCUT2D eigenvalue weighted by molar-refractivity contribution is 0.0797. The van der Waals surface area contributed by atoms with E-state index in [1.54, 1.807) is 28.7 Å². The number of aromatic amines is 1. The zero-order valence-corrected chi connectivity index (χ0v) is 17.3. The Hall–Kier alpha value is -2.94. The number of pyridine rings is 1. The molecule has 0 spiro atoms. The first-order chi connectivity index (χ1) is 14.5. The van der Waals surface area contributed by atoms with E-state index in [0.717, 1.165) is 12.6 Å². The van der Waals surface area contributed by atoms with E-state index in [1.165, 1.54) is 12.3 Å². The topological polar surface area (TPSA) is 86.6 Å². The van der Waals surface area contributed by atoms with Crippen LogP contribution >= 0.6 is 11.6 Å². The highest BCUT2D eigenvalue weighted by Crippen LogP contribution is 2.34. The van der Waals surface area contributed by atoms with Crippen molar-refractivity contribution in [3.63, 3.8) is 0 Å². The van der Waals surface area contributed by atoms with Crippen LogP contribution in [0, 0.1) is 5.82 Å². The largest absolute Gasteiger partial charge is 0.349 e. The van der Waals surface area contributed by atoms with Gasteiger partial charge in [0.2, 0.25) is 0 Å². The van der Waals surface area contributed by atoms with Gasteiger partial charge in [0.05, 0.1) is 12.2 Å². The predicted molar refractivity (Wildman–Crippen MR) is 112 cm³/mol. The lowest BCUT2D eigenvalue weighted by Crippen LogP contribution is -2.29. The molecule has 10 heteroatoms. The van der Waals surface area contributed by atoms with E-state index in [0.29, 0.717) is 54.4 Å². The second-order valence-electron chi connectivity index (χ2n) is 7.34. The second kappa shape index (κ2) is 8.43. The Balaban J connectivity index is 1.68. The first-order valence-corrected chi connectivity index (χ1v) is 10.3. The monoisotopic (exact) mass is 432 g/mol. The number of H-pyrrole nitrogens is 1. The molecule has 1 saturated heterocycles. The summed E-state index contributed by atoms with van der Waals surface area (Å²) < 4.78 is 15.3. The number of fused-ring (bicyclic) bond motifs is 1. The maximum atomic E-state index is 13.7. The molecular formula is C20H22ClFN6O2. The zero-order valence-electron chi connectivity index (χ0n) is 16.5. The third-order valence-corrected chi connectivity index (χ3v) is 5.63. The van der Waals surface area contributed by atoms with E-state index in [-0.39, 0.29) is 17.5 Å². The molecule has 0 aromatic carbocycles. The molecule has 4 rings (SSSR count). The van der Waals surface area contributed by atoms with Crippen molar-refractivity contribution in [2.45, 2.75) is 25.3 Å². The molecule has 0 aliphatic carbocycles. The highest BCUT2D eigenvalue weighted by atomic mass is 35.5. The van der Waals surface area contributed by atoms with Gasteiger partial charge in [0.15, 0.2) is 5.65 Å². The Bertz CT molecular complexity index is 1130. The minimum absolute atomic E-state index is 0.181. The fourth-order valence-corrected chi connectivity index (χ4v) is 3.98. The molecule has 4 heterocycles. The number of nitrogens with zero attached hydrogens (tertiary/aromatic N) is 5. The first-order valence-electron chi connectivity index (χ1n) is 9.80. The summed E-state index contributed by atoms with van der Waals surface area (Å²) in [5.41, 5.74) is 0.901. The maximum absolute atomic E-state index is 13.7. The lowest BCUT2D eigenvalue weighted by Gasteiger charge is -2.25. The Morgan fingerprint density at radius 1 is 1.47 bits per heavy atom. The van der Waals surface area contributed by atoms with Crippen molar-refractivity contribution in [3.8, 4) is 0 Å². The van der Waals surface area contributed by atoms with Crippen molar-refractivity contribution in [2.24, 2.45) is 0 Å². The number of aromatic nitrogens is 4. The maximum Gasteiger partial charge on any atom is 0.259 e. The van der Waals surface area contributed by atoms with Gasteiger partial charge in [-0.3, -0.25) is 9.59 Å². The predicted octanol–water partition coefficient (Wildman–Crippen LogP) is 2.60. The van der Waals surface area contributed by atoms with Gasteiger partial charge in [-0.05, 0) is 31.4 Å². The van der Waals surface area contributed by atoms with Gasteiger partial charge in [-0.15, -0.1) is 11.6 Å². The summed E-state index contributed by atoms with van der Waals surface area (Å²) >= 11 is 5.73. The minimum atomic E-state index is -0.483. The number of rotatable bonds is 6. The van der Waals surface area contributed by atoms with Crippen LogP contribution in [0.5, 0.6) is 0 Å². The van der Waals surface area contributed by atoms with Crippen molar-refractivity contribution < 1.29 is 9.18 Å². The van der Waals surface area contributed by atoms with Gasteiger partial charge in [-0.1, -0.05) is 0 Å². The van der Waals surface area contributed by atoms with Crippen molar-refractivity contribution in [1.82, 2.24) is 24.5 Å². The van der Waals surface area contributed by atoms with Gasteiger partial charge in [0.25, 0.3) is 11.5 Å². The molecule has 3 aromatic rings. The number of anilines is 1. The van der Waals surface area contributed by atoms with E-state index in [4.69, 9.17) is 11.6 Å². The summed E-state index contributed by atoms with van der Waals surface area (Å²) in [7, 11) is 1.72. The molecule has 1 fully saturated rings. The highest BCUT2D eigenvalue weighted by molar-refractivity contribution is 6.17. The van der Waals surface area contributed by atoms with Gasteiger partial charge >= 0.3 is 0 Å². The van der Waals surface area contributed by atoms with E-state index in [1.807, 2.05) is 4.90 Å². The van der Waals surface area contributed by atoms with E-state index < -0.39 is 5.82 Å². The number of carbonyl (C=O) groups excluding carboxylic acids is 1. The molecule has 0 radical (unpaired) electrons. The number of alkyl halides is 1. The summed E-state index contributed by atoms with van der Waals surface area (Å²) in [5.74, 6) is 0.430. The molecule has 1 atom stereocenters. The molecule has 1 aliphatic heterocycles. The van der Waals surface area contributed by atoms with Gasteiger partial charge in [-0.2, -0.15) is 5.10 Å². The molecular weight excluding hydrogens is 411 g/mol. The molecule has 8 nitrogen and oxygen atoms in total. The number of carbonyl (C=O) groups is 1. The molecule has 1 amide bonds. The van der Waals surface area contributed by atoms with Crippen LogP contribution in [0.25, 0.3) is 5.65 Å². The van der Waals surface area contributed by atoms with Gasteiger partial charge in [0.1, 0.15) is 17.2 Å². The Morgan fingerprint density at radius 3 is 3.10 bits per heavy atom. The number of halogens is 2. The second-order valence-corrected chi connectivity index (χ2v) is 7.71. The van der Waals surface area contributed by atoms with Gasteiger partial charge < -0.3 is 14.8 Å².